The Hall–Kier alpha value is -3.33. The fourth-order valence-corrected chi connectivity index (χ4v) is 3.50. The molecule has 0 aliphatic heterocycles. The summed E-state index contributed by atoms with van der Waals surface area (Å²) in [6, 6.07) is 3.54. The van der Waals surface area contributed by atoms with Gasteiger partial charge < -0.3 is 19.3 Å². The van der Waals surface area contributed by atoms with Gasteiger partial charge in [0, 0.05) is 11.8 Å². The van der Waals surface area contributed by atoms with Gasteiger partial charge in [-0.05, 0) is 30.7 Å². The van der Waals surface area contributed by atoms with Crippen LogP contribution in [0.15, 0.2) is 23.1 Å². The van der Waals surface area contributed by atoms with Gasteiger partial charge in [-0.3, -0.25) is 9.20 Å². The summed E-state index contributed by atoms with van der Waals surface area (Å²) in [5.74, 6) is 0.398. The minimum atomic E-state index is -1.10. The van der Waals surface area contributed by atoms with Crippen LogP contribution in [0, 0.1) is 6.92 Å². The summed E-state index contributed by atoms with van der Waals surface area (Å²) in [5.41, 5.74) is 1.32. The first-order valence-corrected chi connectivity index (χ1v) is 8.95. The smallest absolute Gasteiger partial charge is 0.347 e. The standard InChI is InChI=1S/C19H18N2O6S/c1-10-12(20-19-21(17(10)22)9-15(28-19)18(23)24)6-5-11-7-13(25-2)16(27-4)14(8-11)26-3/h5-9H,1-4H3,(H,23,24)/b6-5+. The Kier molecular flexibility index (Phi) is 5.36. The lowest BCUT2D eigenvalue weighted by atomic mass is 10.1. The Labute approximate surface area is 164 Å². The molecule has 0 saturated carbocycles. The van der Waals surface area contributed by atoms with Gasteiger partial charge in [0.25, 0.3) is 5.56 Å². The van der Waals surface area contributed by atoms with Crippen molar-refractivity contribution in [2.24, 2.45) is 0 Å². The Balaban J connectivity index is 2.07. The number of nitrogens with zero attached hydrogens (tertiary/aromatic N) is 2. The molecule has 2 heterocycles. The molecule has 146 valence electrons. The predicted octanol–water partition coefficient (Wildman–Crippen LogP) is 2.96. The van der Waals surface area contributed by atoms with Crippen LogP contribution in [0.5, 0.6) is 17.2 Å². The third-order valence-corrected chi connectivity index (χ3v) is 5.10. The Bertz CT molecular complexity index is 1120. The van der Waals surface area contributed by atoms with Crippen LogP contribution >= 0.6 is 11.3 Å². The Morgan fingerprint density at radius 2 is 1.79 bits per heavy atom. The van der Waals surface area contributed by atoms with Crippen molar-refractivity contribution in [1.82, 2.24) is 9.38 Å². The van der Waals surface area contributed by atoms with Crippen LogP contribution < -0.4 is 19.8 Å². The predicted molar refractivity (Wildman–Crippen MR) is 106 cm³/mol. The molecule has 3 rings (SSSR count). The van der Waals surface area contributed by atoms with Gasteiger partial charge in [-0.2, -0.15) is 0 Å². The molecule has 9 heteroatoms. The molecule has 0 unspecified atom stereocenters. The largest absolute Gasteiger partial charge is 0.493 e. The van der Waals surface area contributed by atoms with E-state index in [0.29, 0.717) is 33.5 Å². The first kappa shape index (κ1) is 19.4. The van der Waals surface area contributed by atoms with Gasteiger partial charge in [-0.15, -0.1) is 0 Å². The zero-order valence-corrected chi connectivity index (χ0v) is 16.5. The van der Waals surface area contributed by atoms with E-state index in [-0.39, 0.29) is 10.4 Å². The number of fused-ring (bicyclic) bond motifs is 1. The molecule has 1 aromatic carbocycles. The SMILES string of the molecule is COc1cc(/C=C/c2nc3sc(C(=O)O)cn3c(=O)c2C)cc(OC)c1OC. The number of hydrogen-bond acceptors (Lipinski definition) is 7. The van der Waals surface area contributed by atoms with E-state index in [1.54, 1.807) is 31.2 Å². The van der Waals surface area contributed by atoms with Crippen LogP contribution in [0.1, 0.15) is 26.5 Å². The molecule has 0 atom stereocenters. The highest BCUT2D eigenvalue weighted by Gasteiger charge is 2.15. The minimum absolute atomic E-state index is 0.0507. The van der Waals surface area contributed by atoms with Crippen LogP contribution in [-0.2, 0) is 0 Å². The average Bonchev–Trinajstić information content (AvgIpc) is 3.13. The van der Waals surface area contributed by atoms with Gasteiger partial charge in [0.2, 0.25) is 5.75 Å². The molecule has 0 bridgehead atoms. The highest BCUT2D eigenvalue weighted by Crippen LogP contribution is 2.38. The topological polar surface area (TPSA) is 99.4 Å². The van der Waals surface area contributed by atoms with E-state index in [1.807, 2.05) is 0 Å². The van der Waals surface area contributed by atoms with E-state index in [1.165, 1.54) is 31.9 Å². The quantitative estimate of drug-likeness (QED) is 0.677. The number of aromatic nitrogens is 2. The van der Waals surface area contributed by atoms with E-state index in [0.717, 1.165) is 16.9 Å². The van der Waals surface area contributed by atoms with E-state index in [2.05, 4.69) is 4.98 Å². The van der Waals surface area contributed by atoms with E-state index < -0.39 is 5.97 Å². The van der Waals surface area contributed by atoms with Gasteiger partial charge in [-0.25, -0.2) is 9.78 Å². The van der Waals surface area contributed by atoms with Gasteiger partial charge >= 0.3 is 5.97 Å². The third kappa shape index (κ3) is 3.44. The number of ether oxygens (including phenoxy) is 3. The number of benzene rings is 1. The summed E-state index contributed by atoms with van der Waals surface area (Å²) in [6.45, 7) is 1.65. The summed E-state index contributed by atoms with van der Waals surface area (Å²) < 4.78 is 17.2. The molecule has 8 nitrogen and oxygen atoms in total. The maximum Gasteiger partial charge on any atom is 0.347 e. The van der Waals surface area contributed by atoms with Crippen molar-refractivity contribution < 1.29 is 24.1 Å². The zero-order chi connectivity index (χ0) is 20.4. The average molecular weight is 402 g/mol. The highest BCUT2D eigenvalue weighted by atomic mass is 32.1. The molecule has 3 aromatic rings. The van der Waals surface area contributed by atoms with E-state index in [4.69, 9.17) is 19.3 Å². The summed E-state index contributed by atoms with van der Waals surface area (Å²) in [5, 5.41) is 9.13. The summed E-state index contributed by atoms with van der Waals surface area (Å²) in [4.78, 5) is 28.5. The van der Waals surface area contributed by atoms with Gasteiger partial charge in [0.1, 0.15) is 4.88 Å². The second kappa shape index (κ2) is 7.73. The van der Waals surface area contributed by atoms with Crippen molar-refractivity contribution >= 4 is 34.4 Å². The first-order valence-electron chi connectivity index (χ1n) is 8.13. The molecule has 28 heavy (non-hydrogen) atoms. The molecule has 0 spiro atoms. The number of methoxy groups -OCH3 is 3. The Morgan fingerprint density at radius 1 is 1.14 bits per heavy atom. The molecule has 0 aliphatic rings. The summed E-state index contributed by atoms with van der Waals surface area (Å²) in [6.07, 6.45) is 4.75. The van der Waals surface area contributed by atoms with E-state index in [9.17, 15) is 9.59 Å². The number of aromatic carboxylic acids is 1. The number of carboxylic acids is 1. The van der Waals surface area contributed by atoms with Crippen LogP contribution in [0.2, 0.25) is 0 Å². The number of rotatable bonds is 6. The van der Waals surface area contributed by atoms with Crippen LogP contribution in [0.25, 0.3) is 17.1 Å². The normalized spacial score (nSPS) is 11.1. The minimum Gasteiger partial charge on any atom is -0.493 e. The molecule has 0 radical (unpaired) electrons. The highest BCUT2D eigenvalue weighted by molar-refractivity contribution is 7.18. The summed E-state index contributed by atoms with van der Waals surface area (Å²) >= 11 is 0.943. The maximum atomic E-state index is 12.5. The fourth-order valence-electron chi connectivity index (χ4n) is 2.68. The fraction of sp³-hybridized carbons (Fsp3) is 0.211. The number of carboxylic acid groups (broad SMARTS) is 1. The molecule has 0 fully saturated rings. The molecule has 0 aliphatic carbocycles. The summed E-state index contributed by atoms with van der Waals surface area (Å²) in [7, 11) is 4.59. The van der Waals surface area contributed by atoms with Crippen LogP contribution in [0.3, 0.4) is 0 Å². The van der Waals surface area contributed by atoms with Gasteiger partial charge in [-0.1, -0.05) is 17.4 Å². The first-order chi connectivity index (χ1) is 13.4. The second-order valence-corrected chi connectivity index (χ2v) is 6.78. The third-order valence-electron chi connectivity index (χ3n) is 4.13. The molecule has 0 amide bonds. The Morgan fingerprint density at radius 3 is 2.32 bits per heavy atom. The molecular formula is C19H18N2O6S. The lowest BCUT2D eigenvalue weighted by Gasteiger charge is -2.12. The van der Waals surface area contributed by atoms with Crippen molar-refractivity contribution in [3.05, 3.63) is 50.4 Å². The monoisotopic (exact) mass is 402 g/mol. The number of carbonyl (C=O) groups is 1. The zero-order valence-electron chi connectivity index (χ0n) is 15.7. The lowest BCUT2D eigenvalue weighted by Crippen LogP contribution is -2.17. The maximum absolute atomic E-state index is 12.5. The van der Waals surface area contributed by atoms with Crippen molar-refractivity contribution in [2.75, 3.05) is 21.3 Å². The van der Waals surface area contributed by atoms with Gasteiger partial charge in [0.15, 0.2) is 16.5 Å². The van der Waals surface area contributed by atoms with Gasteiger partial charge in [0.05, 0.1) is 27.0 Å². The molecule has 0 saturated heterocycles. The van der Waals surface area contributed by atoms with Crippen molar-refractivity contribution in [2.45, 2.75) is 6.92 Å². The van der Waals surface area contributed by atoms with Crippen molar-refractivity contribution in [1.29, 1.82) is 0 Å². The second-order valence-electron chi connectivity index (χ2n) is 5.77. The lowest BCUT2D eigenvalue weighted by molar-refractivity contribution is 0.0701. The number of hydrogen-bond donors (Lipinski definition) is 1. The van der Waals surface area contributed by atoms with E-state index >= 15 is 0 Å². The molecule has 1 N–H and O–H groups in total. The molecule has 2 aromatic heterocycles. The van der Waals surface area contributed by atoms with Crippen LogP contribution in [-0.4, -0.2) is 41.8 Å². The number of thiazole rings is 1. The van der Waals surface area contributed by atoms with Crippen molar-refractivity contribution in [3.8, 4) is 17.2 Å². The van der Waals surface area contributed by atoms with Crippen molar-refractivity contribution in [3.63, 3.8) is 0 Å². The molecular weight excluding hydrogens is 384 g/mol. The van der Waals surface area contributed by atoms with Crippen LogP contribution in [0.4, 0.5) is 0 Å².